The number of esters is 1. The molecule has 0 aromatic heterocycles. The molecule has 0 fully saturated rings. The van der Waals surface area contributed by atoms with Gasteiger partial charge in [-0.2, -0.15) is 0 Å². The number of aliphatic carboxylic acids is 1. The zero-order valence-electron chi connectivity index (χ0n) is 10.5. The van der Waals surface area contributed by atoms with Crippen molar-refractivity contribution in [2.75, 3.05) is 7.11 Å². The van der Waals surface area contributed by atoms with Crippen LogP contribution in [0.4, 0.5) is 0 Å². The van der Waals surface area contributed by atoms with Crippen LogP contribution in [0.2, 0.25) is 0 Å². The SMILES string of the molecule is COC(=O)C(CCC(=O)O)NC(=O)c1ccccc1. The van der Waals surface area contributed by atoms with Crippen LogP contribution in [0.1, 0.15) is 23.2 Å². The molecule has 0 bridgehead atoms. The first-order valence-electron chi connectivity index (χ1n) is 5.70. The highest BCUT2D eigenvalue weighted by atomic mass is 16.5. The summed E-state index contributed by atoms with van der Waals surface area (Å²) in [4.78, 5) is 33.8. The van der Waals surface area contributed by atoms with E-state index in [0.717, 1.165) is 0 Å². The van der Waals surface area contributed by atoms with E-state index in [-0.39, 0.29) is 12.8 Å². The lowest BCUT2D eigenvalue weighted by atomic mass is 10.1. The maximum atomic E-state index is 11.9. The molecular weight excluding hydrogens is 250 g/mol. The first-order chi connectivity index (χ1) is 9.04. The second-order valence-electron chi connectivity index (χ2n) is 3.85. The number of carbonyl (C=O) groups excluding carboxylic acids is 2. The Morgan fingerprint density at radius 2 is 1.89 bits per heavy atom. The molecule has 0 heterocycles. The van der Waals surface area contributed by atoms with Gasteiger partial charge in [0.1, 0.15) is 6.04 Å². The van der Waals surface area contributed by atoms with Crippen LogP contribution in [0.3, 0.4) is 0 Å². The van der Waals surface area contributed by atoms with Crippen molar-refractivity contribution in [2.45, 2.75) is 18.9 Å². The fourth-order valence-electron chi connectivity index (χ4n) is 1.49. The Bertz CT molecular complexity index is 457. The molecule has 102 valence electrons. The van der Waals surface area contributed by atoms with Crippen LogP contribution >= 0.6 is 0 Å². The monoisotopic (exact) mass is 265 g/mol. The number of nitrogens with one attached hydrogen (secondary N) is 1. The summed E-state index contributed by atoms with van der Waals surface area (Å²) in [6.45, 7) is 0. The number of carboxylic acids is 1. The van der Waals surface area contributed by atoms with E-state index in [2.05, 4.69) is 10.1 Å². The van der Waals surface area contributed by atoms with Gasteiger partial charge in [-0.15, -0.1) is 0 Å². The summed E-state index contributed by atoms with van der Waals surface area (Å²) in [5, 5.41) is 11.1. The Kier molecular flexibility index (Phi) is 5.53. The van der Waals surface area contributed by atoms with Crippen molar-refractivity contribution in [3.05, 3.63) is 35.9 Å². The molecule has 1 unspecified atom stereocenters. The molecule has 1 aromatic rings. The van der Waals surface area contributed by atoms with E-state index in [9.17, 15) is 14.4 Å². The predicted molar refractivity (Wildman–Crippen MR) is 66.6 cm³/mol. The summed E-state index contributed by atoms with van der Waals surface area (Å²) in [5.41, 5.74) is 0.395. The second-order valence-corrected chi connectivity index (χ2v) is 3.85. The van der Waals surface area contributed by atoms with Gasteiger partial charge in [0.2, 0.25) is 0 Å². The average molecular weight is 265 g/mol. The minimum Gasteiger partial charge on any atom is -0.481 e. The third kappa shape index (κ3) is 4.79. The molecule has 19 heavy (non-hydrogen) atoms. The molecule has 0 spiro atoms. The van der Waals surface area contributed by atoms with Gasteiger partial charge in [-0.25, -0.2) is 4.79 Å². The molecule has 0 radical (unpaired) electrons. The number of benzene rings is 1. The summed E-state index contributed by atoms with van der Waals surface area (Å²) in [7, 11) is 1.19. The Hall–Kier alpha value is -2.37. The fraction of sp³-hybridized carbons (Fsp3) is 0.308. The Labute approximate surface area is 110 Å². The van der Waals surface area contributed by atoms with Crippen LogP contribution in [0.5, 0.6) is 0 Å². The van der Waals surface area contributed by atoms with Gasteiger partial charge in [-0.3, -0.25) is 9.59 Å². The molecule has 1 amide bonds. The number of hydrogen-bond donors (Lipinski definition) is 2. The van der Waals surface area contributed by atoms with E-state index in [0.29, 0.717) is 5.56 Å². The predicted octanol–water partition coefficient (Wildman–Crippen LogP) is 0.823. The summed E-state index contributed by atoms with van der Waals surface area (Å²) in [5.74, 6) is -2.14. The van der Waals surface area contributed by atoms with Crippen LogP contribution in [0.25, 0.3) is 0 Å². The highest BCUT2D eigenvalue weighted by Gasteiger charge is 2.22. The van der Waals surface area contributed by atoms with Gasteiger partial charge in [0.05, 0.1) is 7.11 Å². The third-order valence-corrected chi connectivity index (χ3v) is 2.47. The van der Waals surface area contributed by atoms with E-state index < -0.39 is 23.9 Å². The minimum atomic E-state index is -1.04. The Morgan fingerprint density at radius 3 is 2.42 bits per heavy atom. The number of ether oxygens (including phenoxy) is 1. The lowest BCUT2D eigenvalue weighted by molar-refractivity contribution is -0.143. The van der Waals surface area contributed by atoms with Crippen molar-refractivity contribution >= 4 is 17.8 Å². The van der Waals surface area contributed by atoms with Crippen LogP contribution in [0, 0.1) is 0 Å². The van der Waals surface area contributed by atoms with Gasteiger partial charge in [0.15, 0.2) is 0 Å². The molecule has 1 aromatic carbocycles. The number of methoxy groups -OCH3 is 1. The standard InChI is InChI=1S/C13H15NO5/c1-19-13(18)10(7-8-11(15)16)14-12(17)9-5-3-2-4-6-9/h2-6,10H,7-8H2,1H3,(H,14,17)(H,15,16). The molecule has 1 atom stereocenters. The van der Waals surface area contributed by atoms with Crippen molar-refractivity contribution in [3.8, 4) is 0 Å². The van der Waals surface area contributed by atoms with Gasteiger partial charge >= 0.3 is 11.9 Å². The average Bonchev–Trinajstić information content (AvgIpc) is 2.43. The van der Waals surface area contributed by atoms with Gasteiger partial charge in [0, 0.05) is 12.0 Å². The maximum Gasteiger partial charge on any atom is 0.328 e. The van der Waals surface area contributed by atoms with Crippen molar-refractivity contribution in [3.63, 3.8) is 0 Å². The van der Waals surface area contributed by atoms with E-state index in [1.807, 2.05) is 0 Å². The summed E-state index contributed by atoms with van der Waals surface area (Å²) >= 11 is 0. The van der Waals surface area contributed by atoms with Gasteiger partial charge in [-0.1, -0.05) is 18.2 Å². The smallest absolute Gasteiger partial charge is 0.328 e. The van der Waals surface area contributed by atoms with E-state index in [1.165, 1.54) is 7.11 Å². The zero-order chi connectivity index (χ0) is 14.3. The van der Waals surface area contributed by atoms with Crippen LogP contribution < -0.4 is 5.32 Å². The normalized spacial score (nSPS) is 11.4. The van der Waals surface area contributed by atoms with E-state index in [4.69, 9.17) is 5.11 Å². The first-order valence-corrected chi connectivity index (χ1v) is 5.70. The molecule has 1 rings (SSSR count). The lowest BCUT2D eigenvalue weighted by Crippen LogP contribution is -2.41. The number of amides is 1. The van der Waals surface area contributed by atoms with E-state index in [1.54, 1.807) is 30.3 Å². The molecule has 6 nitrogen and oxygen atoms in total. The van der Waals surface area contributed by atoms with Crippen LogP contribution in [0.15, 0.2) is 30.3 Å². The van der Waals surface area contributed by atoms with Crippen molar-refractivity contribution in [1.82, 2.24) is 5.32 Å². The Balaban J connectivity index is 2.69. The summed E-state index contributed by atoms with van der Waals surface area (Å²) < 4.78 is 4.53. The third-order valence-electron chi connectivity index (χ3n) is 2.47. The van der Waals surface area contributed by atoms with Gasteiger partial charge in [0.25, 0.3) is 5.91 Å². The second kappa shape index (κ2) is 7.15. The minimum absolute atomic E-state index is 0.0133. The zero-order valence-corrected chi connectivity index (χ0v) is 10.5. The highest BCUT2D eigenvalue weighted by molar-refractivity contribution is 5.96. The van der Waals surface area contributed by atoms with Crippen LogP contribution in [-0.4, -0.2) is 36.1 Å². The molecule has 6 heteroatoms. The highest BCUT2D eigenvalue weighted by Crippen LogP contribution is 2.04. The van der Waals surface area contributed by atoms with Gasteiger partial charge in [-0.05, 0) is 18.6 Å². The maximum absolute atomic E-state index is 11.9. The van der Waals surface area contributed by atoms with Crippen molar-refractivity contribution in [1.29, 1.82) is 0 Å². The molecule has 0 aliphatic rings. The van der Waals surface area contributed by atoms with Gasteiger partial charge < -0.3 is 15.2 Å². The summed E-state index contributed by atoms with van der Waals surface area (Å²) in [6.07, 6.45) is -0.241. The molecule has 0 saturated heterocycles. The van der Waals surface area contributed by atoms with Crippen LogP contribution in [-0.2, 0) is 14.3 Å². The summed E-state index contributed by atoms with van der Waals surface area (Å²) in [6, 6.07) is 7.38. The largest absolute Gasteiger partial charge is 0.481 e. The quantitative estimate of drug-likeness (QED) is 0.743. The lowest BCUT2D eigenvalue weighted by Gasteiger charge is -2.15. The molecular formula is C13H15NO5. The molecule has 0 saturated carbocycles. The fourth-order valence-corrected chi connectivity index (χ4v) is 1.49. The van der Waals surface area contributed by atoms with E-state index >= 15 is 0 Å². The number of rotatable bonds is 6. The van der Waals surface area contributed by atoms with Crippen molar-refractivity contribution < 1.29 is 24.2 Å². The number of carbonyl (C=O) groups is 3. The number of hydrogen-bond acceptors (Lipinski definition) is 4. The number of carboxylic acid groups (broad SMARTS) is 1. The molecule has 0 aliphatic carbocycles. The topological polar surface area (TPSA) is 92.7 Å². The molecule has 2 N–H and O–H groups in total. The first kappa shape index (κ1) is 14.7. The molecule has 0 aliphatic heterocycles. The Morgan fingerprint density at radius 1 is 1.26 bits per heavy atom. The van der Waals surface area contributed by atoms with Crippen molar-refractivity contribution in [2.24, 2.45) is 0 Å².